The smallest absolute Gasteiger partial charge is 0.171 e. The van der Waals surface area contributed by atoms with Crippen molar-refractivity contribution < 1.29 is 8.81 Å². The Morgan fingerprint density at radius 1 is 1.14 bits per heavy atom. The minimum absolute atomic E-state index is 0.0761. The first-order valence-corrected chi connectivity index (χ1v) is 7.34. The highest BCUT2D eigenvalue weighted by Crippen LogP contribution is 2.23. The molecular weight excluding hydrogens is 299 g/mol. The Labute approximate surface area is 133 Å². The summed E-state index contributed by atoms with van der Waals surface area (Å²) in [6.07, 6.45) is 0. The number of thiocarbonyl (C=S) groups is 1. The maximum atomic E-state index is 12.9. The summed E-state index contributed by atoms with van der Waals surface area (Å²) >= 11 is 5.27. The number of anilines is 1. The van der Waals surface area contributed by atoms with Crippen LogP contribution in [0.1, 0.15) is 18.7 Å². The summed E-state index contributed by atoms with van der Waals surface area (Å²) in [4.78, 5) is 0. The molecule has 1 atom stereocenters. The summed E-state index contributed by atoms with van der Waals surface area (Å²) in [6, 6.07) is 15.8. The van der Waals surface area contributed by atoms with Crippen molar-refractivity contribution >= 4 is 34.0 Å². The summed E-state index contributed by atoms with van der Waals surface area (Å²) in [5.41, 5.74) is 1.58. The Bertz CT molecular complexity index is 765. The minimum Gasteiger partial charge on any atom is -0.459 e. The van der Waals surface area contributed by atoms with Crippen molar-refractivity contribution in [2.24, 2.45) is 0 Å². The lowest BCUT2D eigenvalue weighted by Gasteiger charge is -2.15. The van der Waals surface area contributed by atoms with Gasteiger partial charge in [-0.1, -0.05) is 18.2 Å². The second-order valence-corrected chi connectivity index (χ2v) is 5.42. The van der Waals surface area contributed by atoms with Crippen molar-refractivity contribution in [3.05, 3.63) is 66.2 Å². The van der Waals surface area contributed by atoms with Crippen LogP contribution in [0.4, 0.5) is 10.1 Å². The highest BCUT2D eigenvalue weighted by molar-refractivity contribution is 7.80. The zero-order valence-corrected chi connectivity index (χ0v) is 12.8. The van der Waals surface area contributed by atoms with Crippen molar-refractivity contribution in [2.45, 2.75) is 13.0 Å². The highest BCUT2D eigenvalue weighted by Gasteiger charge is 2.12. The van der Waals surface area contributed by atoms with Gasteiger partial charge >= 0.3 is 0 Å². The number of fused-ring (bicyclic) bond motifs is 1. The van der Waals surface area contributed by atoms with Gasteiger partial charge in [-0.05, 0) is 55.5 Å². The zero-order chi connectivity index (χ0) is 15.5. The molecule has 3 aromatic rings. The number of halogens is 1. The summed E-state index contributed by atoms with van der Waals surface area (Å²) < 4.78 is 18.7. The first-order chi connectivity index (χ1) is 10.6. The molecule has 0 fully saturated rings. The zero-order valence-electron chi connectivity index (χ0n) is 12.0. The van der Waals surface area contributed by atoms with Crippen LogP contribution in [-0.2, 0) is 0 Å². The maximum Gasteiger partial charge on any atom is 0.171 e. The van der Waals surface area contributed by atoms with Gasteiger partial charge in [0.05, 0.1) is 6.04 Å². The van der Waals surface area contributed by atoms with Gasteiger partial charge in [0.1, 0.15) is 17.2 Å². The second-order valence-electron chi connectivity index (χ2n) is 5.01. The highest BCUT2D eigenvalue weighted by atomic mass is 32.1. The van der Waals surface area contributed by atoms with Crippen LogP contribution in [0.2, 0.25) is 0 Å². The fourth-order valence-corrected chi connectivity index (χ4v) is 2.48. The molecule has 0 aliphatic carbocycles. The fraction of sp³-hybridized carbons (Fsp3) is 0.118. The number of benzene rings is 2. The Morgan fingerprint density at radius 3 is 2.59 bits per heavy atom. The molecule has 3 rings (SSSR count). The van der Waals surface area contributed by atoms with Gasteiger partial charge in [0.25, 0.3) is 0 Å². The molecule has 1 aromatic heterocycles. The van der Waals surface area contributed by atoms with Crippen LogP contribution in [0.25, 0.3) is 11.0 Å². The van der Waals surface area contributed by atoms with Crippen LogP contribution in [0.15, 0.2) is 59.0 Å². The molecule has 0 bridgehead atoms. The topological polar surface area (TPSA) is 37.2 Å². The first kappa shape index (κ1) is 14.5. The third-order valence-electron chi connectivity index (χ3n) is 3.32. The Morgan fingerprint density at radius 2 is 1.86 bits per heavy atom. The van der Waals surface area contributed by atoms with E-state index in [0.717, 1.165) is 22.4 Å². The van der Waals surface area contributed by atoms with E-state index in [1.807, 2.05) is 37.3 Å². The quantitative estimate of drug-likeness (QED) is 0.692. The monoisotopic (exact) mass is 314 g/mol. The molecular formula is C17H15FN2OS. The number of hydrogen-bond donors (Lipinski definition) is 2. The molecule has 0 aliphatic heterocycles. The summed E-state index contributed by atoms with van der Waals surface area (Å²) in [6.45, 7) is 1.97. The Hall–Kier alpha value is -2.40. The van der Waals surface area contributed by atoms with Crippen molar-refractivity contribution in [1.82, 2.24) is 5.32 Å². The lowest BCUT2D eigenvalue weighted by molar-refractivity contribution is 0.493. The van der Waals surface area contributed by atoms with Crippen LogP contribution >= 0.6 is 12.2 Å². The maximum absolute atomic E-state index is 12.9. The van der Waals surface area contributed by atoms with Gasteiger partial charge in [0, 0.05) is 11.1 Å². The molecule has 22 heavy (non-hydrogen) atoms. The average Bonchev–Trinajstić information content (AvgIpc) is 2.93. The first-order valence-electron chi connectivity index (χ1n) is 6.93. The van der Waals surface area contributed by atoms with E-state index < -0.39 is 0 Å². The molecule has 0 spiro atoms. The molecule has 1 heterocycles. The minimum atomic E-state index is -0.278. The van der Waals surface area contributed by atoms with Crippen molar-refractivity contribution in [2.75, 3.05) is 5.32 Å². The van der Waals surface area contributed by atoms with E-state index in [0.29, 0.717) is 5.11 Å². The number of nitrogens with one attached hydrogen (secondary N) is 2. The molecule has 0 saturated carbocycles. The molecule has 3 nitrogen and oxygen atoms in total. The predicted molar refractivity (Wildman–Crippen MR) is 90.4 cm³/mol. The standard InChI is InChI=1S/C17H15FN2OS/c1-11(16-10-12-4-2-3-5-15(12)21-16)19-17(22)20-14-8-6-13(18)7-9-14/h2-11H,1H3,(H2,19,20,22)/t11-/m0/s1. The van der Waals surface area contributed by atoms with Crippen molar-refractivity contribution in [3.8, 4) is 0 Å². The van der Waals surface area contributed by atoms with Crippen LogP contribution < -0.4 is 10.6 Å². The SMILES string of the molecule is C[C@H](NC(=S)Nc1ccc(F)cc1)c1cc2ccccc2o1. The lowest BCUT2D eigenvalue weighted by Crippen LogP contribution is -2.30. The molecule has 0 radical (unpaired) electrons. The third kappa shape index (κ3) is 3.26. The number of hydrogen-bond acceptors (Lipinski definition) is 2. The lowest BCUT2D eigenvalue weighted by atomic mass is 10.2. The molecule has 112 valence electrons. The van der Waals surface area contributed by atoms with Crippen molar-refractivity contribution in [3.63, 3.8) is 0 Å². The summed E-state index contributed by atoms with van der Waals surface area (Å²) in [5.74, 6) is 0.532. The van der Waals surface area contributed by atoms with E-state index in [9.17, 15) is 4.39 Å². The fourth-order valence-electron chi connectivity index (χ4n) is 2.18. The Kier molecular flexibility index (Phi) is 4.06. The van der Waals surface area contributed by atoms with Gasteiger partial charge < -0.3 is 15.1 Å². The normalized spacial score (nSPS) is 12.1. The van der Waals surface area contributed by atoms with E-state index in [1.165, 1.54) is 12.1 Å². The van der Waals surface area contributed by atoms with E-state index in [-0.39, 0.29) is 11.9 Å². The molecule has 0 amide bonds. The molecule has 5 heteroatoms. The van der Waals surface area contributed by atoms with Gasteiger partial charge in [0.15, 0.2) is 5.11 Å². The number of para-hydroxylation sites is 1. The van der Waals surface area contributed by atoms with Gasteiger partial charge in [-0.25, -0.2) is 4.39 Å². The van der Waals surface area contributed by atoms with Crippen LogP contribution in [-0.4, -0.2) is 5.11 Å². The molecule has 2 aromatic carbocycles. The predicted octanol–water partition coefficient (Wildman–Crippen LogP) is 4.62. The van der Waals surface area contributed by atoms with E-state index in [2.05, 4.69) is 10.6 Å². The molecule has 2 N–H and O–H groups in total. The van der Waals surface area contributed by atoms with Crippen LogP contribution in [0.3, 0.4) is 0 Å². The molecule has 0 unspecified atom stereocenters. The van der Waals surface area contributed by atoms with Gasteiger partial charge in [-0.15, -0.1) is 0 Å². The van der Waals surface area contributed by atoms with E-state index in [1.54, 1.807) is 12.1 Å². The van der Waals surface area contributed by atoms with Crippen LogP contribution in [0.5, 0.6) is 0 Å². The summed E-state index contributed by atoms with van der Waals surface area (Å²) in [5, 5.41) is 7.69. The average molecular weight is 314 g/mol. The van der Waals surface area contributed by atoms with E-state index in [4.69, 9.17) is 16.6 Å². The summed E-state index contributed by atoms with van der Waals surface area (Å²) in [7, 11) is 0. The van der Waals surface area contributed by atoms with Gasteiger partial charge in [-0.3, -0.25) is 0 Å². The van der Waals surface area contributed by atoms with Crippen LogP contribution in [0, 0.1) is 5.82 Å². The molecule has 0 saturated heterocycles. The molecule has 0 aliphatic rings. The number of furan rings is 1. The number of rotatable bonds is 3. The van der Waals surface area contributed by atoms with Crippen molar-refractivity contribution in [1.29, 1.82) is 0 Å². The third-order valence-corrected chi connectivity index (χ3v) is 3.54. The Balaban J connectivity index is 1.66. The van der Waals surface area contributed by atoms with E-state index >= 15 is 0 Å². The van der Waals surface area contributed by atoms with Gasteiger partial charge in [-0.2, -0.15) is 0 Å². The largest absolute Gasteiger partial charge is 0.459 e. The second kappa shape index (κ2) is 6.15. The van der Waals surface area contributed by atoms with Gasteiger partial charge in [0.2, 0.25) is 0 Å².